The van der Waals surface area contributed by atoms with Crippen LogP contribution in [0.2, 0.25) is 0 Å². The van der Waals surface area contributed by atoms with Gasteiger partial charge in [-0.25, -0.2) is 0 Å². The molecule has 2 aromatic rings. The van der Waals surface area contributed by atoms with Gasteiger partial charge in [0.25, 0.3) is 5.91 Å². The number of nitrogens with one attached hydrogen (secondary N) is 1. The molecule has 136 valence electrons. The molecule has 0 aromatic heterocycles. The average molecular weight is 354 g/mol. The minimum atomic E-state index is -0.878. The monoisotopic (exact) mass is 354 g/mol. The van der Waals surface area contributed by atoms with E-state index in [9.17, 15) is 14.4 Å². The van der Waals surface area contributed by atoms with Crippen LogP contribution in [0.4, 0.5) is 5.69 Å². The van der Waals surface area contributed by atoms with Crippen LogP contribution >= 0.6 is 0 Å². The molecule has 0 radical (unpaired) electrons. The van der Waals surface area contributed by atoms with Crippen LogP contribution < -0.4 is 5.32 Å². The molecule has 26 heavy (non-hydrogen) atoms. The Bertz CT molecular complexity index is 757. The van der Waals surface area contributed by atoms with Crippen molar-refractivity contribution in [3.05, 3.63) is 65.7 Å². The van der Waals surface area contributed by atoms with Crippen molar-refractivity contribution in [3.63, 3.8) is 0 Å². The van der Waals surface area contributed by atoms with Crippen molar-refractivity contribution >= 4 is 23.5 Å². The third-order valence-electron chi connectivity index (χ3n) is 3.77. The normalized spacial score (nSPS) is 10.2. The summed E-state index contributed by atoms with van der Waals surface area (Å²) in [4.78, 5) is 36.3. The molecule has 0 saturated carbocycles. The SMILES string of the molecule is CC(=O)Nc1ccc(C(=O)N(CCCC(=O)O)Cc2ccccc2)cc1. The number of carbonyl (C=O) groups excluding carboxylic acids is 2. The predicted octanol–water partition coefficient (Wildman–Crippen LogP) is 3.15. The number of nitrogens with zero attached hydrogens (tertiary/aromatic N) is 1. The summed E-state index contributed by atoms with van der Waals surface area (Å²) in [6.45, 7) is 2.18. The first kappa shape index (κ1) is 19.2. The second kappa shape index (κ2) is 9.36. The first-order valence-electron chi connectivity index (χ1n) is 8.38. The van der Waals surface area contributed by atoms with Crippen LogP contribution in [-0.2, 0) is 16.1 Å². The summed E-state index contributed by atoms with van der Waals surface area (Å²) in [6.07, 6.45) is 0.401. The molecule has 0 atom stereocenters. The van der Waals surface area contributed by atoms with Crippen LogP contribution in [0.5, 0.6) is 0 Å². The minimum absolute atomic E-state index is 0.0139. The molecule has 2 N–H and O–H groups in total. The average Bonchev–Trinajstić information content (AvgIpc) is 2.61. The topological polar surface area (TPSA) is 86.7 Å². The number of rotatable bonds is 8. The summed E-state index contributed by atoms with van der Waals surface area (Å²) in [5, 5.41) is 11.5. The number of carboxylic acids is 1. The summed E-state index contributed by atoms with van der Waals surface area (Å²) >= 11 is 0. The number of amides is 2. The number of benzene rings is 2. The summed E-state index contributed by atoms with van der Waals surface area (Å²) in [6, 6.07) is 16.2. The van der Waals surface area contributed by atoms with Gasteiger partial charge >= 0.3 is 5.97 Å². The molecule has 2 rings (SSSR count). The molecule has 0 aliphatic rings. The van der Waals surface area contributed by atoms with E-state index in [1.54, 1.807) is 29.2 Å². The zero-order valence-corrected chi connectivity index (χ0v) is 14.6. The van der Waals surface area contributed by atoms with Gasteiger partial charge in [0.15, 0.2) is 0 Å². The lowest BCUT2D eigenvalue weighted by molar-refractivity contribution is -0.137. The molecular weight excluding hydrogens is 332 g/mol. The largest absolute Gasteiger partial charge is 0.481 e. The van der Waals surface area contributed by atoms with E-state index in [-0.39, 0.29) is 18.2 Å². The van der Waals surface area contributed by atoms with E-state index in [2.05, 4.69) is 5.32 Å². The molecule has 2 amide bonds. The minimum Gasteiger partial charge on any atom is -0.481 e. The van der Waals surface area contributed by atoms with Crippen LogP contribution in [0.25, 0.3) is 0 Å². The summed E-state index contributed by atoms with van der Waals surface area (Å²) in [5.41, 5.74) is 2.09. The van der Waals surface area contributed by atoms with Crippen molar-refractivity contribution in [1.82, 2.24) is 4.90 Å². The maximum Gasteiger partial charge on any atom is 0.303 e. The van der Waals surface area contributed by atoms with Crippen LogP contribution in [-0.4, -0.2) is 34.3 Å². The third kappa shape index (κ3) is 6.05. The van der Waals surface area contributed by atoms with Crippen molar-refractivity contribution < 1.29 is 19.5 Å². The maximum absolute atomic E-state index is 12.8. The van der Waals surface area contributed by atoms with E-state index >= 15 is 0 Å². The van der Waals surface area contributed by atoms with Gasteiger partial charge in [-0.3, -0.25) is 14.4 Å². The molecule has 0 bridgehead atoms. The Morgan fingerprint density at radius 1 is 1.00 bits per heavy atom. The highest BCUT2D eigenvalue weighted by atomic mass is 16.4. The van der Waals surface area contributed by atoms with Crippen molar-refractivity contribution in [2.45, 2.75) is 26.3 Å². The van der Waals surface area contributed by atoms with Crippen LogP contribution in [0.3, 0.4) is 0 Å². The maximum atomic E-state index is 12.8. The van der Waals surface area contributed by atoms with Crippen LogP contribution in [0, 0.1) is 0 Å². The number of aliphatic carboxylic acids is 1. The Morgan fingerprint density at radius 3 is 2.23 bits per heavy atom. The lowest BCUT2D eigenvalue weighted by Crippen LogP contribution is -2.31. The highest BCUT2D eigenvalue weighted by Crippen LogP contribution is 2.14. The van der Waals surface area contributed by atoms with Crippen molar-refractivity contribution in [2.75, 3.05) is 11.9 Å². The number of hydrogen-bond acceptors (Lipinski definition) is 3. The Hall–Kier alpha value is -3.15. The lowest BCUT2D eigenvalue weighted by atomic mass is 10.1. The second-order valence-electron chi connectivity index (χ2n) is 5.97. The van der Waals surface area contributed by atoms with Crippen LogP contribution in [0.15, 0.2) is 54.6 Å². The quantitative estimate of drug-likeness (QED) is 0.762. The number of carboxylic acid groups (broad SMARTS) is 1. The lowest BCUT2D eigenvalue weighted by Gasteiger charge is -2.23. The molecule has 0 spiro atoms. The summed E-state index contributed by atoms with van der Waals surface area (Å²) in [7, 11) is 0. The Balaban J connectivity index is 2.12. The standard InChI is InChI=1S/C20H22N2O4/c1-15(23)21-18-11-9-17(10-12-18)20(26)22(13-5-8-19(24)25)14-16-6-3-2-4-7-16/h2-4,6-7,9-12H,5,8,13-14H2,1H3,(H,21,23)(H,24,25). The fourth-order valence-corrected chi connectivity index (χ4v) is 2.56. The molecular formula is C20H22N2O4. The van der Waals surface area contributed by atoms with Crippen LogP contribution in [0.1, 0.15) is 35.7 Å². The number of hydrogen-bond donors (Lipinski definition) is 2. The van der Waals surface area contributed by atoms with Crippen molar-refractivity contribution in [2.24, 2.45) is 0 Å². The van der Waals surface area contributed by atoms with Crippen molar-refractivity contribution in [3.8, 4) is 0 Å². The van der Waals surface area contributed by atoms with Gasteiger partial charge < -0.3 is 15.3 Å². The molecule has 6 heteroatoms. The first-order valence-corrected chi connectivity index (χ1v) is 8.38. The van der Waals surface area contributed by atoms with Gasteiger partial charge in [0, 0.05) is 37.7 Å². The van der Waals surface area contributed by atoms with E-state index < -0.39 is 5.97 Å². The fourth-order valence-electron chi connectivity index (χ4n) is 2.56. The van der Waals surface area contributed by atoms with Gasteiger partial charge in [-0.2, -0.15) is 0 Å². The van der Waals surface area contributed by atoms with Gasteiger partial charge in [0.2, 0.25) is 5.91 Å². The highest BCUT2D eigenvalue weighted by Gasteiger charge is 2.16. The number of carbonyl (C=O) groups is 3. The van der Waals surface area contributed by atoms with Gasteiger partial charge in [-0.15, -0.1) is 0 Å². The summed E-state index contributed by atoms with van der Waals surface area (Å²) in [5.74, 6) is -1.23. The molecule has 6 nitrogen and oxygen atoms in total. The fraction of sp³-hybridized carbons (Fsp3) is 0.250. The zero-order chi connectivity index (χ0) is 18.9. The molecule has 0 aliphatic carbocycles. The van der Waals surface area contributed by atoms with Gasteiger partial charge in [0.1, 0.15) is 0 Å². The molecule has 0 heterocycles. The molecule has 0 saturated heterocycles. The van der Waals surface area contributed by atoms with E-state index in [1.165, 1.54) is 6.92 Å². The Labute approximate surface area is 152 Å². The van der Waals surface area contributed by atoms with Gasteiger partial charge in [-0.05, 0) is 36.2 Å². The van der Waals surface area contributed by atoms with E-state index in [0.717, 1.165) is 5.56 Å². The smallest absolute Gasteiger partial charge is 0.303 e. The molecule has 2 aromatic carbocycles. The zero-order valence-electron chi connectivity index (χ0n) is 14.6. The van der Waals surface area contributed by atoms with Gasteiger partial charge in [-0.1, -0.05) is 30.3 Å². The Morgan fingerprint density at radius 2 is 1.65 bits per heavy atom. The molecule has 0 fully saturated rings. The second-order valence-corrected chi connectivity index (χ2v) is 5.97. The van der Waals surface area contributed by atoms with Gasteiger partial charge in [0.05, 0.1) is 0 Å². The summed E-state index contributed by atoms with van der Waals surface area (Å²) < 4.78 is 0. The predicted molar refractivity (Wildman–Crippen MR) is 98.8 cm³/mol. The third-order valence-corrected chi connectivity index (χ3v) is 3.77. The highest BCUT2D eigenvalue weighted by molar-refractivity contribution is 5.95. The molecule has 0 aliphatic heterocycles. The first-order chi connectivity index (χ1) is 12.5. The molecule has 0 unspecified atom stereocenters. The van der Waals surface area contributed by atoms with E-state index in [1.807, 2.05) is 30.3 Å². The van der Waals surface area contributed by atoms with E-state index in [4.69, 9.17) is 5.11 Å². The number of anilines is 1. The Kier molecular flexibility index (Phi) is 6.91. The van der Waals surface area contributed by atoms with E-state index in [0.29, 0.717) is 30.8 Å². The van der Waals surface area contributed by atoms with Crippen molar-refractivity contribution in [1.29, 1.82) is 0 Å².